The molecule has 1 amide bonds. The van der Waals surface area contributed by atoms with Crippen molar-refractivity contribution in [2.45, 2.75) is 40.0 Å². The lowest BCUT2D eigenvalue weighted by Crippen LogP contribution is -2.42. The summed E-state index contributed by atoms with van der Waals surface area (Å²) in [5, 5.41) is 12.2. The third kappa shape index (κ3) is 4.47. The van der Waals surface area contributed by atoms with Crippen molar-refractivity contribution in [1.29, 1.82) is 0 Å². The Hall–Kier alpha value is -1.10. The number of nitrogens with zero attached hydrogens (tertiary/aromatic N) is 1. The lowest BCUT2D eigenvalue weighted by molar-refractivity contribution is -0.153. The molecule has 1 saturated heterocycles. The monoisotopic (exact) mass is 284 g/mol. The van der Waals surface area contributed by atoms with Crippen LogP contribution in [0.25, 0.3) is 0 Å². The molecule has 1 rings (SSSR count). The Kier molecular flexibility index (Phi) is 5.99. The molecule has 0 aromatic rings. The summed E-state index contributed by atoms with van der Waals surface area (Å²) in [5.41, 5.74) is -0.993. The van der Waals surface area contributed by atoms with Gasteiger partial charge in [0.2, 0.25) is 5.91 Å². The minimum absolute atomic E-state index is 0.0442. The largest absolute Gasteiger partial charge is 0.481 e. The Morgan fingerprint density at radius 1 is 1.45 bits per heavy atom. The zero-order valence-corrected chi connectivity index (χ0v) is 13.1. The lowest BCUT2D eigenvalue weighted by Gasteiger charge is -2.31. The quantitative estimate of drug-likeness (QED) is 0.777. The van der Waals surface area contributed by atoms with Crippen LogP contribution in [0.4, 0.5) is 0 Å². The van der Waals surface area contributed by atoms with Gasteiger partial charge in [-0.05, 0) is 45.2 Å². The van der Waals surface area contributed by atoms with Crippen molar-refractivity contribution in [2.75, 3.05) is 26.7 Å². The summed E-state index contributed by atoms with van der Waals surface area (Å²) < 4.78 is 0. The van der Waals surface area contributed by atoms with Crippen LogP contribution in [0.15, 0.2) is 0 Å². The Balaban J connectivity index is 2.44. The van der Waals surface area contributed by atoms with E-state index in [0.29, 0.717) is 12.5 Å². The summed E-state index contributed by atoms with van der Waals surface area (Å²) in [7, 11) is 2.09. The first-order valence-electron chi connectivity index (χ1n) is 7.44. The molecular weight excluding hydrogens is 256 g/mol. The molecule has 0 saturated carbocycles. The van der Waals surface area contributed by atoms with E-state index in [9.17, 15) is 14.7 Å². The van der Waals surface area contributed by atoms with Gasteiger partial charge in [0.15, 0.2) is 0 Å². The first kappa shape index (κ1) is 17.0. The highest BCUT2D eigenvalue weighted by Gasteiger charge is 2.38. The Morgan fingerprint density at radius 3 is 2.60 bits per heavy atom. The third-order valence-corrected chi connectivity index (χ3v) is 4.60. The van der Waals surface area contributed by atoms with Gasteiger partial charge in [-0.25, -0.2) is 0 Å². The van der Waals surface area contributed by atoms with Crippen LogP contribution in [0.1, 0.15) is 40.0 Å². The fourth-order valence-electron chi connectivity index (χ4n) is 2.62. The molecule has 0 bridgehead atoms. The topological polar surface area (TPSA) is 69.6 Å². The molecule has 1 fully saturated rings. The maximum Gasteiger partial charge on any atom is 0.310 e. The molecule has 2 N–H and O–H groups in total. The van der Waals surface area contributed by atoms with E-state index < -0.39 is 11.4 Å². The van der Waals surface area contributed by atoms with Gasteiger partial charge in [-0.1, -0.05) is 13.8 Å². The van der Waals surface area contributed by atoms with E-state index in [1.165, 1.54) is 0 Å². The lowest BCUT2D eigenvalue weighted by atomic mass is 9.76. The van der Waals surface area contributed by atoms with Crippen molar-refractivity contribution < 1.29 is 14.7 Å². The van der Waals surface area contributed by atoms with Crippen LogP contribution in [-0.4, -0.2) is 48.6 Å². The molecule has 0 radical (unpaired) electrons. The second-order valence-corrected chi connectivity index (χ2v) is 6.63. The molecule has 2 atom stereocenters. The number of hydrogen-bond acceptors (Lipinski definition) is 3. The van der Waals surface area contributed by atoms with E-state index in [4.69, 9.17) is 0 Å². The van der Waals surface area contributed by atoms with Crippen LogP contribution in [0, 0.1) is 17.3 Å². The van der Waals surface area contributed by atoms with E-state index in [1.807, 2.05) is 13.8 Å². The van der Waals surface area contributed by atoms with Gasteiger partial charge in [0.1, 0.15) is 0 Å². The molecule has 5 nitrogen and oxygen atoms in total. The number of amides is 1. The summed E-state index contributed by atoms with van der Waals surface area (Å²) in [6.07, 6.45) is 2.34. The number of carbonyl (C=O) groups excluding carboxylic acids is 1. The third-order valence-electron chi connectivity index (χ3n) is 4.60. The molecule has 1 aliphatic heterocycles. The number of likely N-dealkylation sites (tertiary alicyclic amines) is 1. The highest BCUT2D eigenvalue weighted by atomic mass is 16.4. The summed E-state index contributed by atoms with van der Waals surface area (Å²) in [5.74, 6) is -0.656. The van der Waals surface area contributed by atoms with Crippen molar-refractivity contribution in [2.24, 2.45) is 17.3 Å². The van der Waals surface area contributed by atoms with Gasteiger partial charge in [0, 0.05) is 19.5 Å². The molecule has 0 spiro atoms. The van der Waals surface area contributed by atoms with Crippen LogP contribution in [-0.2, 0) is 9.59 Å². The number of carboxylic acids is 1. The van der Waals surface area contributed by atoms with Gasteiger partial charge < -0.3 is 15.3 Å². The van der Waals surface area contributed by atoms with Crippen molar-refractivity contribution in [1.82, 2.24) is 10.2 Å². The fraction of sp³-hybridized carbons (Fsp3) is 0.867. The molecule has 20 heavy (non-hydrogen) atoms. The van der Waals surface area contributed by atoms with Crippen LogP contribution >= 0.6 is 0 Å². The molecule has 116 valence electrons. The molecule has 0 aromatic heterocycles. The molecular formula is C15H28N2O3. The minimum Gasteiger partial charge on any atom is -0.481 e. The van der Waals surface area contributed by atoms with Crippen molar-refractivity contribution in [3.63, 3.8) is 0 Å². The fourth-order valence-corrected chi connectivity index (χ4v) is 2.62. The number of aliphatic carboxylic acids is 1. The van der Waals surface area contributed by atoms with Crippen molar-refractivity contribution in [3.05, 3.63) is 0 Å². The van der Waals surface area contributed by atoms with Crippen LogP contribution in [0.3, 0.4) is 0 Å². The zero-order valence-electron chi connectivity index (χ0n) is 13.1. The highest BCUT2D eigenvalue weighted by molar-refractivity contribution is 5.84. The second kappa shape index (κ2) is 7.07. The normalized spacial score (nSPS) is 23.4. The van der Waals surface area contributed by atoms with Gasteiger partial charge >= 0.3 is 5.97 Å². The Labute approximate surface area is 121 Å². The predicted octanol–water partition coefficient (Wildman–Crippen LogP) is 1.58. The van der Waals surface area contributed by atoms with Gasteiger partial charge in [-0.2, -0.15) is 0 Å². The van der Waals surface area contributed by atoms with Gasteiger partial charge in [0.05, 0.1) is 5.41 Å². The van der Waals surface area contributed by atoms with E-state index in [2.05, 4.69) is 17.3 Å². The number of piperidine rings is 1. The number of rotatable bonds is 6. The first-order chi connectivity index (χ1) is 9.25. The van der Waals surface area contributed by atoms with E-state index in [0.717, 1.165) is 25.9 Å². The molecule has 1 aliphatic rings. The summed E-state index contributed by atoms with van der Waals surface area (Å²) in [4.78, 5) is 25.6. The minimum atomic E-state index is -0.993. The zero-order chi connectivity index (χ0) is 15.3. The van der Waals surface area contributed by atoms with Crippen LogP contribution < -0.4 is 5.32 Å². The summed E-state index contributed by atoms with van der Waals surface area (Å²) >= 11 is 0. The maximum absolute atomic E-state index is 12.0. The SMILES string of the molecule is CC(C)C(C)(CC(=O)NCC1CCCN(C)C1)C(=O)O. The summed E-state index contributed by atoms with van der Waals surface area (Å²) in [6.45, 7) is 8.11. The molecule has 0 aliphatic carbocycles. The smallest absolute Gasteiger partial charge is 0.310 e. The Morgan fingerprint density at radius 2 is 2.10 bits per heavy atom. The standard InChI is InChI=1S/C15H28N2O3/c1-11(2)15(3,14(19)20)8-13(18)16-9-12-6-5-7-17(4)10-12/h11-12H,5-10H2,1-4H3,(H,16,18)(H,19,20). The van der Waals surface area contributed by atoms with Gasteiger partial charge in [0.25, 0.3) is 0 Å². The number of carboxylic acid groups (broad SMARTS) is 1. The predicted molar refractivity (Wildman–Crippen MR) is 78.4 cm³/mol. The molecule has 2 unspecified atom stereocenters. The van der Waals surface area contributed by atoms with Crippen molar-refractivity contribution >= 4 is 11.9 Å². The highest BCUT2D eigenvalue weighted by Crippen LogP contribution is 2.31. The van der Waals surface area contributed by atoms with E-state index in [-0.39, 0.29) is 18.2 Å². The van der Waals surface area contributed by atoms with Gasteiger partial charge in [-0.15, -0.1) is 0 Å². The molecule has 5 heteroatoms. The number of hydrogen-bond donors (Lipinski definition) is 2. The average molecular weight is 284 g/mol. The maximum atomic E-state index is 12.0. The van der Waals surface area contributed by atoms with Crippen LogP contribution in [0.5, 0.6) is 0 Å². The van der Waals surface area contributed by atoms with Crippen molar-refractivity contribution in [3.8, 4) is 0 Å². The first-order valence-corrected chi connectivity index (χ1v) is 7.44. The summed E-state index contributed by atoms with van der Waals surface area (Å²) in [6, 6.07) is 0. The second-order valence-electron chi connectivity index (χ2n) is 6.63. The number of nitrogens with one attached hydrogen (secondary N) is 1. The van der Waals surface area contributed by atoms with E-state index >= 15 is 0 Å². The molecule has 0 aromatic carbocycles. The van der Waals surface area contributed by atoms with Crippen LogP contribution in [0.2, 0.25) is 0 Å². The van der Waals surface area contributed by atoms with Gasteiger partial charge in [-0.3, -0.25) is 9.59 Å². The number of carbonyl (C=O) groups is 2. The average Bonchev–Trinajstić information content (AvgIpc) is 2.36. The molecule has 1 heterocycles. The van der Waals surface area contributed by atoms with E-state index in [1.54, 1.807) is 6.92 Å². The Bertz CT molecular complexity index is 357.